The Labute approximate surface area is 207 Å². The number of rotatable bonds is 1. The Morgan fingerprint density at radius 3 is 2.50 bits per heavy atom. The minimum Gasteiger partial charge on any atom is -0.166 e. The van der Waals surface area contributed by atoms with Gasteiger partial charge in [0.1, 0.15) is 0 Å². The first kappa shape index (κ1) is 24.2. The SMILES string of the molecule is Cl.Cl.FC(F)(F)c1cccc2c3c(ccc12)C1=C(CCC=C1)C(c1cc2ccccc2nn1)C3. The summed E-state index contributed by atoms with van der Waals surface area (Å²) in [4.78, 5) is 0. The fourth-order valence-electron chi connectivity index (χ4n) is 5.23. The highest BCUT2D eigenvalue weighted by atomic mass is 35.5. The van der Waals surface area contributed by atoms with Crippen molar-refractivity contribution < 1.29 is 13.2 Å². The van der Waals surface area contributed by atoms with Crippen LogP contribution in [-0.4, -0.2) is 10.2 Å². The van der Waals surface area contributed by atoms with Gasteiger partial charge in [-0.15, -0.1) is 24.8 Å². The number of hydrogen-bond donors (Lipinski definition) is 0. The van der Waals surface area contributed by atoms with E-state index in [1.165, 1.54) is 11.6 Å². The molecule has 174 valence electrons. The lowest BCUT2D eigenvalue weighted by molar-refractivity contribution is -0.136. The topological polar surface area (TPSA) is 25.8 Å². The molecule has 1 atom stereocenters. The molecule has 0 radical (unpaired) electrons. The van der Waals surface area contributed by atoms with Gasteiger partial charge in [0.2, 0.25) is 0 Å². The monoisotopic (exact) mass is 500 g/mol. The van der Waals surface area contributed by atoms with E-state index in [-0.39, 0.29) is 36.1 Å². The van der Waals surface area contributed by atoms with E-state index in [2.05, 4.69) is 28.4 Å². The van der Waals surface area contributed by atoms with Crippen LogP contribution in [0.15, 0.2) is 78.4 Å². The first-order valence-corrected chi connectivity index (χ1v) is 10.7. The number of hydrogen-bond acceptors (Lipinski definition) is 2. The van der Waals surface area contributed by atoms with Crippen LogP contribution in [0.1, 0.15) is 41.1 Å². The van der Waals surface area contributed by atoms with Gasteiger partial charge < -0.3 is 0 Å². The summed E-state index contributed by atoms with van der Waals surface area (Å²) in [5.74, 6) is -0.000279. The van der Waals surface area contributed by atoms with Gasteiger partial charge >= 0.3 is 6.18 Å². The van der Waals surface area contributed by atoms with Crippen molar-refractivity contribution in [3.05, 3.63) is 101 Å². The Bertz CT molecular complexity index is 1460. The normalized spacial score (nSPS) is 17.1. The Morgan fingerprint density at radius 2 is 1.68 bits per heavy atom. The summed E-state index contributed by atoms with van der Waals surface area (Å²) in [6, 6.07) is 17.9. The second-order valence-corrected chi connectivity index (χ2v) is 8.45. The van der Waals surface area contributed by atoms with Crippen LogP contribution < -0.4 is 0 Å². The van der Waals surface area contributed by atoms with Gasteiger partial charge in [-0.05, 0) is 64.9 Å². The lowest BCUT2D eigenvalue weighted by Gasteiger charge is -2.32. The third-order valence-corrected chi connectivity index (χ3v) is 6.68. The molecule has 34 heavy (non-hydrogen) atoms. The van der Waals surface area contributed by atoms with Gasteiger partial charge in [0.25, 0.3) is 0 Å². The largest absolute Gasteiger partial charge is 0.417 e. The predicted molar refractivity (Wildman–Crippen MR) is 135 cm³/mol. The van der Waals surface area contributed by atoms with Gasteiger partial charge in [0.05, 0.1) is 16.8 Å². The third kappa shape index (κ3) is 3.87. The van der Waals surface area contributed by atoms with E-state index < -0.39 is 11.7 Å². The molecular formula is C27H21Cl2F3N2. The highest BCUT2D eigenvalue weighted by Gasteiger charge is 2.35. The zero-order valence-corrected chi connectivity index (χ0v) is 19.6. The fourth-order valence-corrected chi connectivity index (χ4v) is 5.23. The zero-order valence-electron chi connectivity index (χ0n) is 18.0. The van der Waals surface area contributed by atoms with E-state index in [1.54, 1.807) is 6.07 Å². The van der Waals surface area contributed by atoms with Crippen LogP contribution in [0.25, 0.3) is 27.2 Å². The number of fused-ring (bicyclic) bond motifs is 5. The van der Waals surface area contributed by atoms with Crippen molar-refractivity contribution in [2.45, 2.75) is 31.4 Å². The molecule has 0 spiro atoms. The minimum atomic E-state index is -4.39. The summed E-state index contributed by atoms with van der Waals surface area (Å²) < 4.78 is 41.0. The maximum atomic E-state index is 13.7. The van der Waals surface area contributed by atoms with E-state index in [9.17, 15) is 13.2 Å². The zero-order chi connectivity index (χ0) is 21.9. The molecule has 1 heterocycles. The molecule has 1 aromatic heterocycles. The summed E-state index contributed by atoms with van der Waals surface area (Å²) in [5, 5.41) is 10.9. The highest BCUT2D eigenvalue weighted by molar-refractivity contribution is 5.96. The fraction of sp³-hybridized carbons (Fsp3) is 0.185. The quantitative estimate of drug-likeness (QED) is 0.264. The van der Waals surface area contributed by atoms with E-state index in [4.69, 9.17) is 0 Å². The smallest absolute Gasteiger partial charge is 0.166 e. The molecule has 0 aliphatic heterocycles. The van der Waals surface area contributed by atoms with Crippen molar-refractivity contribution in [3.8, 4) is 0 Å². The molecule has 3 aromatic carbocycles. The standard InChI is InChI=1S/C27H19F3N2.2ClH/c28-27(29,30)24-10-5-9-19-21(24)13-12-20-17-7-2-3-8-18(17)23(15-22(19)20)26-14-16-6-1-4-11-25(16)31-32-26;;/h1-2,4-7,9-14,23H,3,8,15H2;2*1H. The predicted octanol–water partition coefficient (Wildman–Crippen LogP) is 8.09. The van der Waals surface area contributed by atoms with Crippen LogP contribution >= 0.6 is 24.8 Å². The molecule has 2 aliphatic carbocycles. The van der Waals surface area contributed by atoms with Crippen molar-refractivity contribution in [2.24, 2.45) is 0 Å². The van der Waals surface area contributed by atoms with Gasteiger partial charge in [0.15, 0.2) is 0 Å². The van der Waals surface area contributed by atoms with E-state index >= 15 is 0 Å². The van der Waals surface area contributed by atoms with Crippen LogP contribution in [0.5, 0.6) is 0 Å². The van der Waals surface area contributed by atoms with Crippen molar-refractivity contribution in [1.82, 2.24) is 10.2 Å². The average molecular weight is 501 g/mol. The second kappa shape index (κ2) is 9.05. The maximum absolute atomic E-state index is 13.7. The molecule has 4 aromatic rings. The summed E-state index contributed by atoms with van der Waals surface area (Å²) in [5.41, 5.74) is 5.55. The van der Waals surface area contributed by atoms with Crippen molar-refractivity contribution in [2.75, 3.05) is 0 Å². The highest BCUT2D eigenvalue weighted by Crippen LogP contribution is 2.47. The summed E-state index contributed by atoms with van der Waals surface area (Å²) in [7, 11) is 0. The molecule has 0 amide bonds. The number of halogens is 5. The number of allylic oxidation sites excluding steroid dienone is 4. The van der Waals surface area contributed by atoms with Crippen molar-refractivity contribution in [1.29, 1.82) is 0 Å². The molecule has 7 heteroatoms. The van der Waals surface area contributed by atoms with Crippen LogP contribution in [0.3, 0.4) is 0 Å². The molecule has 0 fully saturated rings. The average Bonchev–Trinajstić information content (AvgIpc) is 2.82. The molecule has 0 N–H and O–H groups in total. The van der Waals surface area contributed by atoms with Gasteiger partial charge in [-0.3, -0.25) is 0 Å². The van der Waals surface area contributed by atoms with Crippen LogP contribution in [0.4, 0.5) is 13.2 Å². The van der Waals surface area contributed by atoms with Crippen molar-refractivity contribution >= 4 is 52.1 Å². The first-order valence-electron chi connectivity index (χ1n) is 10.7. The number of benzene rings is 3. The number of alkyl halides is 3. The van der Waals surface area contributed by atoms with E-state index in [0.717, 1.165) is 52.2 Å². The lowest BCUT2D eigenvalue weighted by Crippen LogP contribution is -2.18. The molecule has 6 rings (SSSR count). The molecule has 2 aliphatic rings. The Hall–Kier alpha value is -2.89. The van der Waals surface area contributed by atoms with Crippen LogP contribution in [0, 0.1) is 0 Å². The van der Waals surface area contributed by atoms with Gasteiger partial charge in [-0.1, -0.05) is 60.2 Å². The third-order valence-electron chi connectivity index (χ3n) is 6.68. The molecular weight excluding hydrogens is 480 g/mol. The molecule has 2 nitrogen and oxygen atoms in total. The lowest BCUT2D eigenvalue weighted by atomic mass is 9.72. The van der Waals surface area contributed by atoms with Gasteiger partial charge in [0, 0.05) is 11.3 Å². The Kier molecular flexibility index (Phi) is 6.45. The summed E-state index contributed by atoms with van der Waals surface area (Å²) in [6.07, 6.45) is 2.38. The van der Waals surface area contributed by atoms with Gasteiger partial charge in [-0.2, -0.15) is 23.4 Å². The number of aromatic nitrogens is 2. The van der Waals surface area contributed by atoms with Gasteiger partial charge in [-0.25, -0.2) is 0 Å². The number of nitrogens with zero attached hydrogens (tertiary/aromatic N) is 2. The van der Waals surface area contributed by atoms with E-state index in [0.29, 0.717) is 11.8 Å². The first-order chi connectivity index (χ1) is 15.5. The second-order valence-electron chi connectivity index (χ2n) is 8.45. The van der Waals surface area contributed by atoms with Crippen LogP contribution in [0.2, 0.25) is 0 Å². The summed E-state index contributed by atoms with van der Waals surface area (Å²) >= 11 is 0. The summed E-state index contributed by atoms with van der Waals surface area (Å²) in [6.45, 7) is 0. The molecule has 0 bridgehead atoms. The Balaban J connectivity index is 0.00000137. The van der Waals surface area contributed by atoms with Crippen LogP contribution in [-0.2, 0) is 12.6 Å². The molecule has 0 saturated carbocycles. The molecule has 1 unspecified atom stereocenters. The Morgan fingerprint density at radius 1 is 0.853 bits per heavy atom. The van der Waals surface area contributed by atoms with E-state index in [1.807, 2.05) is 36.4 Å². The molecule has 0 saturated heterocycles. The minimum absolute atomic E-state index is 0. The maximum Gasteiger partial charge on any atom is 0.417 e. The van der Waals surface area contributed by atoms with Crippen molar-refractivity contribution in [3.63, 3.8) is 0 Å².